The lowest BCUT2D eigenvalue weighted by atomic mass is 10.0. The first kappa shape index (κ1) is 22.0. The molecule has 0 unspecified atom stereocenters. The minimum atomic E-state index is -1.56. The van der Waals surface area contributed by atoms with Gasteiger partial charge in [0.15, 0.2) is 0 Å². The zero-order valence-electron chi connectivity index (χ0n) is 18.6. The molecule has 1 radical (unpaired) electrons. The van der Waals surface area contributed by atoms with Crippen molar-refractivity contribution in [3.63, 3.8) is 0 Å². The van der Waals surface area contributed by atoms with Crippen LogP contribution in [0.5, 0.6) is 0 Å². The molecule has 0 N–H and O–H groups in total. The molecule has 0 amide bonds. The highest BCUT2D eigenvalue weighted by Gasteiger charge is 2.20. The van der Waals surface area contributed by atoms with Gasteiger partial charge < -0.3 is 8.85 Å². The first-order chi connectivity index (χ1) is 15.7. The highest BCUT2D eigenvalue weighted by atomic mass is 28.3. The number of aromatic nitrogens is 3. The molecule has 32 heavy (non-hydrogen) atoms. The van der Waals surface area contributed by atoms with Gasteiger partial charge >= 0.3 is 9.28 Å². The number of hydrogen-bond donors (Lipinski definition) is 0. The van der Waals surface area contributed by atoms with Crippen LogP contribution in [0.1, 0.15) is 19.4 Å². The Morgan fingerprint density at radius 1 is 0.688 bits per heavy atom. The van der Waals surface area contributed by atoms with E-state index in [1.54, 1.807) is 12.4 Å². The van der Waals surface area contributed by atoms with Crippen molar-refractivity contribution in [3.05, 3.63) is 84.7 Å². The number of hydrogen-bond acceptors (Lipinski definition) is 5. The Labute approximate surface area is 191 Å². The Morgan fingerprint density at radius 2 is 1.38 bits per heavy atom. The third-order valence-electron chi connectivity index (χ3n) is 4.95. The maximum Gasteiger partial charge on any atom is 0.423 e. The zero-order valence-corrected chi connectivity index (χ0v) is 19.6. The summed E-state index contributed by atoms with van der Waals surface area (Å²) in [7, 11) is -1.56. The van der Waals surface area contributed by atoms with Crippen molar-refractivity contribution in [2.75, 3.05) is 13.2 Å². The van der Waals surface area contributed by atoms with Gasteiger partial charge in [0.1, 0.15) is 0 Å². The lowest BCUT2D eigenvalue weighted by Crippen LogP contribution is -2.37. The Bertz CT molecular complexity index is 1160. The molecule has 3 aromatic heterocycles. The van der Waals surface area contributed by atoms with Crippen LogP contribution in [-0.4, -0.2) is 37.4 Å². The van der Waals surface area contributed by atoms with E-state index in [9.17, 15) is 0 Å². The van der Waals surface area contributed by atoms with Crippen LogP contribution in [0.2, 0.25) is 0 Å². The summed E-state index contributed by atoms with van der Waals surface area (Å²) < 4.78 is 11.8. The molecule has 0 aliphatic heterocycles. The Morgan fingerprint density at radius 3 is 2.03 bits per heavy atom. The lowest BCUT2D eigenvalue weighted by molar-refractivity contribution is 0.225. The van der Waals surface area contributed by atoms with Gasteiger partial charge in [-0.3, -0.25) is 9.97 Å². The molecule has 0 spiro atoms. The number of benzene rings is 1. The summed E-state index contributed by atoms with van der Waals surface area (Å²) in [6, 6.07) is 22.5. The third-order valence-corrected chi connectivity index (χ3v) is 6.83. The van der Waals surface area contributed by atoms with E-state index in [1.807, 2.05) is 44.2 Å². The monoisotopic (exact) mass is 440 g/mol. The van der Waals surface area contributed by atoms with E-state index in [-0.39, 0.29) is 0 Å². The molecular formula is C26H26N3O2Si. The van der Waals surface area contributed by atoms with Crippen molar-refractivity contribution in [1.82, 2.24) is 15.0 Å². The smallest absolute Gasteiger partial charge is 0.390 e. The summed E-state index contributed by atoms with van der Waals surface area (Å²) in [5.41, 5.74) is 6.64. The van der Waals surface area contributed by atoms with E-state index in [4.69, 9.17) is 13.8 Å². The topological polar surface area (TPSA) is 57.1 Å². The van der Waals surface area contributed by atoms with Crippen molar-refractivity contribution in [2.45, 2.75) is 20.8 Å². The van der Waals surface area contributed by atoms with Gasteiger partial charge in [0, 0.05) is 25.6 Å². The van der Waals surface area contributed by atoms with Crippen LogP contribution in [0.25, 0.3) is 33.9 Å². The maximum atomic E-state index is 5.88. The number of aryl methyl sites for hydroxylation is 1. The third kappa shape index (κ3) is 5.16. The summed E-state index contributed by atoms with van der Waals surface area (Å²) in [5, 5.41) is 1.02. The predicted molar refractivity (Wildman–Crippen MR) is 130 cm³/mol. The predicted octanol–water partition coefficient (Wildman–Crippen LogP) is 4.95. The molecule has 6 heteroatoms. The van der Waals surface area contributed by atoms with Gasteiger partial charge in [-0.1, -0.05) is 35.9 Å². The average Bonchev–Trinajstić information content (AvgIpc) is 2.85. The molecule has 0 atom stereocenters. The van der Waals surface area contributed by atoms with Gasteiger partial charge in [0.25, 0.3) is 0 Å². The van der Waals surface area contributed by atoms with Gasteiger partial charge in [-0.2, -0.15) is 0 Å². The summed E-state index contributed by atoms with van der Waals surface area (Å²) in [6.07, 6.45) is 3.58. The van der Waals surface area contributed by atoms with Crippen molar-refractivity contribution in [3.8, 4) is 33.9 Å². The number of nitrogens with zero attached hydrogens (tertiary/aromatic N) is 3. The average molecular weight is 441 g/mol. The fourth-order valence-electron chi connectivity index (χ4n) is 3.39. The Hall–Kier alpha value is -3.19. The van der Waals surface area contributed by atoms with Gasteiger partial charge in [-0.05, 0) is 73.5 Å². The van der Waals surface area contributed by atoms with Crippen molar-refractivity contribution in [2.24, 2.45) is 0 Å². The number of pyridine rings is 3. The van der Waals surface area contributed by atoms with Crippen LogP contribution < -0.4 is 5.19 Å². The molecule has 1 aromatic carbocycles. The van der Waals surface area contributed by atoms with Crippen molar-refractivity contribution < 1.29 is 8.85 Å². The molecule has 4 aromatic rings. The Kier molecular flexibility index (Phi) is 7.16. The van der Waals surface area contributed by atoms with E-state index < -0.39 is 9.28 Å². The summed E-state index contributed by atoms with van der Waals surface area (Å²) in [6.45, 7) is 7.27. The SMILES string of the molecule is CCO[Si](OCC)c1ccnc(-c2cc(-c3ccc(C)cc3)cc(-c3ccccn3)n2)c1. The zero-order chi connectivity index (χ0) is 22.3. The highest BCUT2D eigenvalue weighted by molar-refractivity contribution is 6.61. The molecule has 0 aliphatic rings. The maximum absolute atomic E-state index is 5.88. The minimum Gasteiger partial charge on any atom is -0.390 e. The molecule has 0 aliphatic carbocycles. The van der Waals surface area contributed by atoms with Crippen LogP contribution in [-0.2, 0) is 8.85 Å². The highest BCUT2D eigenvalue weighted by Crippen LogP contribution is 2.28. The fraction of sp³-hybridized carbons (Fsp3) is 0.192. The molecule has 3 heterocycles. The van der Waals surface area contributed by atoms with Crippen LogP contribution in [0, 0.1) is 6.92 Å². The van der Waals surface area contributed by atoms with Crippen LogP contribution >= 0.6 is 0 Å². The van der Waals surface area contributed by atoms with Gasteiger partial charge in [-0.15, -0.1) is 0 Å². The quantitative estimate of drug-likeness (QED) is 0.363. The normalized spacial score (nSPS) is 11.1. The van der Waals surface area contributed by atoms with E-state index in [2.05, 4.69) is 53.3 Å². The molecular weight excluding hydrogens is 414 g/mol. The summed E-state index contributed by atoms with van der Waals surface area (Å²) >= 11 is 0. The van der Waals surface area contributed by atoms with Gasteiger partial charge in [-0.25, -0.2) is 4.98 Å². The van der Waals surface area contributed by atoms with E-state index in [0.717, 1.165) is 39.1 Å². The first-order valence-corrected chi connectivity index (χ1v) is 12.1. The summed E-state index contributed by atoms with van der Waals surface area (Å²) in [4.78, 5) is 14.0. The van der Waals surface area contributed by atoms with Crippen LogP contribution in [0.15, 0.2) is 79.1 Å². The summed E-state index contributed by atoms with van der Waals surface area (Å²) in [5.74, 6) is 0. The van der Waals surface area contributed by atoms with Gasteiger partial charge in [0.05, 0.1) is 22.8 Å². The standard InChI is InChI=1S/C26H26N3O2Si/c1-4-30-32(31-5-2)22-13-15-28-24(18-22)26-17-21(20-11-9-19(3)10-12-20)16-25(29-26)23-8-6-7-14-27-23/h6-18H,4-5H2,1-3H3. The molecule has 5 nitrogen and oxygen atoms in total. The second kappa shape index (κ2) is 10.4. The van der Waals surface area contributed by atoms with Crippen LogP contribution in [0.3, 0.4) is 0 Å². The van der Waals surface area contributed by atoms with E-state index in [0.29, 0.717) is 13.2 Å². The number of rotatable bonds is 8. The molecule has 0 bridgehead atoms. The first-order valence-electron chi connectivity index (χ1n) is 10.8. The fourth-order valence-corrected chi connectivity index (χ4v) is 4.79. The van der Waals surface area contributed by atoms with Gasteiger partial charge in [0.2, 0.25) is 0 Å². The minimum absolute atomic E-state index is 0.608. The van der Waals surface area contributed by atoms with Crippen molar-refractivity contribution in [1.29, 1.82) is 0 Å². The largest absolute Gasteiger partial charge is 0.423 e. The van der Waals surface area contributed by atoms with E-state index in [1.165, 1.54) is 5.56 Å². The molecule has 4 rings (SSSR count). The van der Waals surface area contributed by atoms with Crippen LogP contribution in [0.4, 0.5) is 0 Å². The Balaban J connectivity index is 1.82. The lowest BCUT2D eigenvalue weighted by Gasteiger charge is -2.14. The molecule has 0 saturated carbocycles. The second-order valence-electron chi connectivity index (χ2n) is 7.29. The van der Waals surface area contributed by atoms with E-state index >= 15 is 0 Å². The molecule has 161 valence electrons. The van der Waals surface area contributed by atoms with Crippen molar-refractivity contribution >= 4 is 14.5 Å². The molecule has 0 fully saturated rings. The molecule has 0 saturated heterocycles. The second-order valence-corrected chi connectivity index (χ2v) is 9.02.